The number of benzene rings is 2. The zero-order chi connectivity index (χ0) is 18.8. The minimum Gasteiger partial charge on any atom is -0.367 e. The van der Waals surface area contributed by atoms with E-state index in [0.717, 1.165) is 25.9 Å². The third-order valence-corrected chi connectivity index (χ3v) is 4.89. The Morgan fingerprint density at radius 3 is 2.48 bits per heavy atom. The van der Waals surface area contributed by atoms with Crippen LogP contribution < -0.4 is 16.0 Å². The van der Waals surface area contributed by atoms with Crippen molar-refractivity contribution in [1.29, 1.82) is 0 Å². The molecule has 0 spiro atoms. The summed E-state index contributed by atoms with van der Waals surface area (Å²) in [5, 5.41) is 11.6. The number of aromatic nitrogens is 2. The lowest BCUT2D eigenvalue weighted by Gasteiger charge is -2.25. The van der Waals surface area contributed by atoms with Crippen LogP contribution in [0.15, 0.2) is 36.4 Å². The summed E-state index contributed by atoms with van der Waals surface area (Å²) in [6.07, 6.45) is 1.96. The van der Waals surface area contributed by atoms with Gasteiger partial charge in [0.25, 0.3) is 0 Å². The van der Waals surface area contributed by atoms with Crippen LogP contribution in [-0.4, -0.2) is 29.1 Å². The SMILES string of the molecule is Fc1ccc2nc(Nc3cc(Cl)cc(Cl)c3)nc(NC3CCNCC3)c2c1. The minimum absolute atomic E-state index is 0.279. The van der Waals surface area contributed by atoms with Gasteiger partial charge < -0.3 is 16.0 Å². The van der Waals surface area contributed by atoms with Gasteiger partial charge in [-0.05, 0) is 62.3 Å². The summed E-state index contributed by atoms with van der Waals surface area (Å²) >= 11 is 12.1. The standard InChI is InChI=1S/C19H18Cl2FN5/c20-11-7-12(21)9-15(8-11)25-19-26-17-2-1-13(22)10-16(17)18(27-19)24-14-3-5-23-6-4-14/h1-2,7-10,14,23H,3-6H2,(H2,24,25,26,27). The van der Waals surface area contributed by atoms with E-state index >= 15 is 0 Å². The molecule has 0 aliphatic carbocycles. The van der Waals surface area contributed by atoms with Gasteiger partial charge in [-0.2, -0.15) is 4.98 Å². The Hall–Kier alpha value is -2.15. The average Bonchev–Trinajstić information content (AvgIpc) is 2.62. The van der Waals surface area contributed by atoms with Gasteiger partial charge >= 0.3 is 0 Å². The van der Waals surface area contributed by atoms with E-state index in [1.54, 1.807) is 24.3 Å². The Morgan fingerprint density at radius 1 is 1.00 bits per heavy atom. The summed E-state index contributed by atoms with van der Waals surface area (Å²) in [6.45, 7) is 1.89. The molecule has 0 amide bonds. The van der Waals surface area contributed by atoms with Crippen LogP contribution in [0.5, 0.6) is 0 Å². The number of rotatable bonds is 4. The number of nitrogens with one attached hydrogen (secondary N) is 3. The van der Waals surface area contributed by atoms with E-state index in [1.807, 2.05) is 0 Å². The molecule has 3 aromatic rings. The summed E-state index contributed by atoms with van der Waals surface area (Å²) in [6, 6.07) is 9.92. The quantitative estimate of drug-likeness (QED) is 0.570. The van der Waals surface area contributed by atoms with Crippen LogP contribution in [0.2, 0.25) is 10.0 Å². The van der Waals surface area contributed by atoms with Crippen LogP contribution in [0, 0.1) is 5.82 Å². The topological polar surface area (TPSA) is 61.9 Å². The van der Waals surface area contributed by atoms with Gasteiger partial charge in [0.1, 0.15) is 11.6 Å². The Kier molecular flexibility index (Phi) is 5.29. The molecule has 4 rings (SSSR count). The molecule has 0 unspecified atom stereocenters. The van der Waals surface area contributed by atoms with E-state index in [0.29, 0.717) is 38.4 Å². The largest absolute Gasteiger partial charge is 0.367 e. The van der Waals surface area contributed by atoms with Crippen LogP contribution in [-0.2, 0) is 0 Å². The lowest BCUT2D eigenvalue weighted by Crippen LogP contribution is -2.35. The van der Waals surface area contributed by atoms with Gasteiger partial charge in [-0.25, -0.2) is 9.37 Å². The number of anilines is 3. The van der Waals surface area contributed by atoms with E-state index in [4.69, 9.17) is 23.2 Å². The normalized spacial score (nSPS) is 15.1. The summed E-state index contributed by atoms with van der Waals surface area (Å²) in [4.78, 5) is 9.08. The number of fused-ring (bicyclic) bond motifs is 1. The van der Waals surface area contributed by atoms with Gasteiger partial charge in [-0.15, -0.1) is 0 Å². The van der Waals surface area contributed by atoms with Crippen molar-refractivity contribution >= 4 is 51.6 Å². The fraction of sp³-hybridized carbons (Fsp3) is 0.263. The number of hydrogen-bond acceptors (Lipinski definition) is 5. The van der Waals surface area contributed by atoms with Crippen LogP contribution in [0.3, 0.4) is 0 Å². The predicted molar refractivity (Wildman–Crippen MR) is 109 cm³/mol. The Balaban J connectivity index is 1.71. The third-order valence-electron chi connectivity index (χ3n) is 4.46. The van der Waals surface area contributed by atoms with Crippen LogP contribution >= 0.6 is 23.2 Å². The average molecular weight is 406 g/mol. The van der Waals surface area contributed by atoms with E-state index in [2.05, 4.69) is 25.9 Å². The van der Waals surface area contributed by atoms with Crippen LogP contribution in [0.4, 0.5) is 21.8 Å². The number of halogens is 3. The summed E-state index contributed by atoms with van der Waals surface area (Å²) in [5.41, 5.74) is 1.33. The van der Waals surface area contributed by atoms with E-state index < -0.39 is 0 Å². The molecule has 1 saturated heterocycles. The van der Waals surface area contributed by atoms with Gasteiger partial charge in [0.15, 0.2) is 0 Å². The van der Waals surface area contributed by atoms with Crippen molar-refractivity contribution in [2.45, 2.75) is 18.9 Å². The van der Waals surface area contributed by atoms with Crippen molar-refractivity contribution < 1.29 is 4.39 Å². The van der Waals surface area contributed by atoms with E-state index in [9.17, 15) is 4.39 Å². The summed E-state index contributed by atoms with van der Waals surface area (Å²) in [7, 11) is 0. The number of nitrogens with zero attached hydrogens (tertiary/aromatic N) is 2. The molecule has 1 aromatic heterocycles. The molecular weight excluding hydrogens is 388 g/mol. The van der Waals surface area contributed by atoms with Crippen molar-refractivity contribution in [3.63, 3.8) is 0 Å². The van der Waals surface area contributed by atoms with E-state index in [-0.39, 0.29) is 11.9 Å². The van der Waals surface area contributed by atoms with E-state index in [1.165, 1.54) is 12.1 Å². The van der Waals surface area contributed by atoms with Crippen molar-refractivity contribution in [1.82, 2.24) is 15.3 Å². The molecule has 0 atom stereocenters. The maximum atomic E-state index is 13.8. The number of hydrogen-bond donors (Lipinski definition) is 3. The molecule has 27 heavy (non-hydrogen) atoms. The molecule has 5 nitrogen and oxygen atoms in total. The maximum Gasteiger partial charge on any atom is 0.229 e. The van der Waals surface area contributed by atoms with Crippen molar-refractivity contribution in [2.24, 2.45) is 0 Å². The molecule has 140 valence electrons. The summed E-state index contributed by atoms with van der Waals surface area (Å²) in [5.74, 6) is 0.688. The highest BCUT2D eigenvalue weighted by atomic mass is 35.5. The molecule has 0 radical (unpaired) electrons. The first-order chi connectivity index (χ1) is 13.1. The van der Waals surface area contributed by atoms with Crippen molar-refractivity contribution in [3.05, 3.63) is 52.3 Å². The molecule has 3 N–H and O–H groups in total. The molecule has 2 aromatic carbocycles. The van der Waals surface area contributed by atoms with Crippen molar-refractivity contribution in [2.75, 3.05) is 23.7 Å². The monoisotopic (exact) mass is 405 g/mol. The zero-order valence-electron chi connectivity index (χ0n) is 14.4. The molecule has 2 heterocycles. The van der Waals surface area contributed by atoms with Gasteiger partial charge in [0, 0.05) is 27.2 Å². The molecule has 8 heteroatoms. The first-order valence-corrected chi connectivity index (χ1v) is 9.50. The zero-order valence-corrected chi connectivity index (χ0v) is 15.9. The smallest absolute Gasteiger partial charge is 0.229 e. The van der Waals surface area contributed by atoms with Gasteiger partial charge in [0.05, 0.1) is 5.52 Å². The first-order valence-electron chi connectivity index (χ1n) is 8.74. The third kappa shape index (κ3) is 4.40. The second-order valence-corrected chi connectivity index (χ2v) is 7.38. The van der Waals surface area contributed by atoms with Gasteiger partial charge in [0.2, 0.25) is 5.95 Å². The molecular formula is C19H18Cl2FN5. The van der Waals surface area contributed by atoms with Crippen molar-refractivity contribution in [3.8, 4) is 0 Å². The first kappa shape index (κ1) is 18.2. The highest BCUT2D eigenvalue weighted by Gasteiger charge is 2.16. The highest BCUT2D eigenvalue weighted by molar-refractivity contribution is 6.35. The fourth-order valence-corrected chi connectivity index (χ4v) is 3.71. The van der Waals surface area contributed by atoms with Crippen LogP contribution in [0.1, 0.15) is 12.8 Å². The lowest BCUT2D eigenvalue weighted by molar-refractivity contribution is 0.478. The fourth-order valence-electron chi connectivity index (χ4n) is 3.18. The molecule has 1 fully saturated rings. The molecule has 0 bridgehead atoms. The van der Waals surface area contributed by atoms with Gasteiger partial charge in [-0.3, -0.25) is 0 Å². The highest BCUT2D eigenvalue weighted by Crippen LogP contribution is 2.28. The van der Waals surface area contributed by atoms with Gasteiger partial charge in [-0.1, -0.05) is 23.2 Å². The Labute approximate surface area is 166 Å². The number of piperidine rings is 1. The Morgan fingerprint density at radius 2 is 1.74 bits per heavy atom. The second kappa shape index (κ2) is 7.84. The Bertz CT molecular complexity index is 955. The second-order valence-electron chi connectivity index (χ2n) is 6.51. The van der Waals surface area contributed by atoms with Crippen LogP contribution in [0.25, 0.3) is 10.9 Å². The predicted octanol–water partition coefficient (Wildman–Crippen LogP) is 4.98. The minimum atomic E-state index is -0.318. The molecule has 1 aliphatic rings. The molecule has 1 aliphatic heterocycles. The molecule has 0 saturated carbocycles. The summed E-state index contributed by atoms with van der Waals surface area (Å²) < 4.78 is 13.8. The maximum absolute atomic E-state index is 13.8. The lowest BCUT2D eigenvalue weighted by atomic mass is 10.1.